The Morgan fingerprint density at radius 1 is 0.765 bits per heavy atom. The number of aliphatic carboxylic acids is 4. The minimum absolute atomic E-state index is 0.0433. The van der Waals surface area contributed by atoms with Gasteiger partial charge in [0, 0.05) is 38.2 Å². The summed E-state index contributed by atoms with van der Waals surface area (Å²) in [5, 5.41) is 44.5. The van der Waals surface area contributed by atoms with Crippen LogP contribution in [0, 0.1) is 0 Å². The first kappa shape index (κ1) is 46.3. The second-order valence-corrected chi connectivity index (χ2v) is 11.6. The number of imidazole rings is 1. The van der Waals surface area contributed by atoms with E-state index in [2.05, 4.69) is 26.3 Å². The molecule has 290 valence electrons. The Kier molecular flexibility index (Phi) is 27.3. The van der Waals surface area contributed by atoms with E-state index in [0.717, 1.165) is 57.9 Å². The third-order valence-electron chi connectivity index (χ3n) is 7.24. The summed E-state index contributed by atoms with van der Waals surface area (Å²) in [6.45, 7) is 2.41. The minimum atomic E-state index is -1.23. The number of carbonyl (C=O) groups excluding carboxylic acids is 3. The number of amides is 3. The van der Waals surface area contributed by atoms with Crippen LogP contribution in [0.15, 0.2) is 12.4 Å². The summed E-state index contributed by atoms with van der Waals surface area (Å²) < 4.78 is 6.77. The molecule has 18 heteroatoms. The molecule has 8 N–H and O–H groups in total. The first-order valence-electron chi connectivity index (χ1n) is 17.4. The van der Waals surface area contributed by atoms with Crippen LogP contribution < -0.4 is 21.3 Å². The molecule has 18 nitrogen and oxygen atoms in total. The van der Waals surface area contributed by atoms with Crippen LogP contribution in [0.2, 0.25) is 0 Å². The number of aromatic nitrogens is 2. The van der Waals surface area contributed by atoms with Gasteiger partial charge >= 0.3 is 35.9 Å². The maximum Gasteiger partial charge on any atom is 0.326 e. The molecule has 0 aliphatic heterocycles. The second kappa shape index (κ2) is 30.1. The maximum absolute atomic E-state index is 12.0. The fraction of sp³-hybridized carbons (Fsp3) is 0.697. The molecule has 0 aromatic carbocycles. The van der Waals surface area contributed by atoms with E-state index in [0.29, 0.717) is 44.5 Å². The third-order valence-corrected chi connectivity index (χ3v) is 7.24. The molecule has 0 radical (unpaired) electrons. The number of hydrogen-bond donors (Lipinski definition) is 8. The highest BCUT2D eigenvalue weighted by Gasteiger charge is 2.19. The van der Waals surface area contributed by atoms with E-state index in [-0.39, 0.29) is 44.4 Å². The van der Waals surface area contributed by atoms with Crippen molar-refractivity contribution in [2.75, 3.05) is 32.8 Å². The van der Waals surface area contributed by atoms with Crippen LogP contribution in [-0.2, 0) is 46.5 Å². The molecule has 0 saturated carbocycles. The normalized spacial score (nSPS) is 11.0. The fourth-order valence-electron chi connectivity index (χ4n) is 4.52. The van der Waals surface area contributed by atoms with Gasteiger partial charge in [0.2, 0.25) is 5.91 Å². The standard InChI is InChI=1S/C30H50N6O10.C3H6O2/c37-25(33-16-10-8-12-23(29(43)44)35-30(45)34-20-26(38)39)14-7-5-3-1-2-4-6-9-15-31-21-28(42)46-19-11-13-24-32-17-18-36(24)22-27(40)41;1-2-3(4)5/h17-18,23,31H,1-16,19-22H2,(H,33,37)(H,38,39)(H,40,41)(H,43,44)(H2,34,35,45);2H2,1H3,(H,4,5). The molecule has 0 saturated heterocycles. The maximum atomic E-state index is 12.0. The van der Waals surface area contributed by atoms with E-state index in [9.17, 15) is 38.7 Å². The zero-order valence-electron chi connectivity index (χ0n) is 29.5. The van der Waals surface area contributed by atoms with Crippen LogP contribution >= 0.6 is 0 Å². The number of carbonyl (C=O) groups is 7. The highest BCUT2D eigenvalue weighted by Crippen LogP contribution is 2.10. The predicted octanol–water partition coefficient (Wildman–Crippen LogP) is 2.15. The second-order valence-electron chi connectivity index (χ2n) is 11.6. The molecule has 1 unspecified atom stereocenters. The van der Waals surface area contributed by atoms with Crippen LogP contribution in [-0.4, -0.2) is 111 Å². The number of hydrogen-bond acceptors (Lipinski definition) is 10. The lowest BCUT2D eigenvalue weighted by Gasteiger charge is -2.14. The number of carboxylic acids is 4. The summed E-state index contributed by atoms with van der Waals surface area (Å²) in [6, 6.07) is -2.00. The van der Waals surface area contributed by atoms with Gasteiger partial charge in [-0.05, 0) is 45.1 Å². The van der Waals surface area contributed by atoms with Gasteiger partial charge in [-0.25, -0.2) is 14.6 Å². The van der Waals surface area contributed by atoms with E-state index in [1.807, 2.05) is 0 Å². The monoisotopic (exact) mass is 728 g/mol. The molecule has 1 aromatic rings. The van der Waals surface area contributed by atoms with Gasteiger partial charge in [-0.1, -0.05) is 45.4 Å². The van der Waals surface area contributed by atoms with Gasteiger partial charge in [0.05, 0.1) is 13.2 Å². The average molecular weight is 729 g/mol. The molecule has 0 aliphatic carbocycles. The van der Waals surface area contributed by atoms with Crippen molar-refractivity contribution in [1.29, 1.82) is 0 Å². The molecule has 1 rings (SSSR count). The number of rotatable bonds is 29. The summed E-state index contributed by atoms with van der Waals surface area (Å²) in [5.41, 5.74) is 0. The average Bonchev–Trinajstić information content (AvgIpc) is 3.51. The van der Waals surface area contributed by atoms with Crippen molar-refractivity contribution in [3.63, 3.8) is 0 Å². The minimum Gasteiger partial charge on any atom is -0.481 e. The van der Waals surface area contributed by atoms with E-state index >= 15 is 0 Å². The Morgan fingerprint density at radius 2 is 1.39 bits per heavy atom. The zero-order valence-corrected chi connectivity index (χ0v) is 29.5. The third kappa shape index (κ3) is 28.8. The Balaban J connectivity index is 0.00000464. The van der Waals surface area contributed by atoms with Gasteiger partial charge in [0.1, 0.15) is 25.0 Å². The van der Waals surface area contributed by atoms with Crippen molar-refractivity contribution in [2.24, 2.45) is 0 Å². The number of esters is 1. The fourth-order valence-corrected chi connectivity index (χ4v) is 4.52. The predicted molar refractivity (Wildman–Crippen MR) is 184 cm³/mol. The van der Waals surface area contributed by atoms with E-state index in [1.54, 1.807) is 23.9 Å². The van der Waals surface area contributed by atoms with Crippen molar-refractivity contribution in [3.8, 4) is 0 Å². The first-order chi connectivity index (χ1) is 24.3. The summed E-state index contributed by atoms with van der Waals surface area (Å²) in [5.74, 6) is -3.84. The van der Waals surface area contributed by atoms with Crippen molar-refractivity contribution in [3.05, 3.63) is 18.2 Å². The lowest BCUT2D eigenvalue weighted by Crippen LogP contribution is -2.47. The summed E-state index contributed by atoms with van der Waals surface area (Å²) in [4.78, 5) is 81.5. The van der Waals surface area contributed by atoms with Crippen LogP contribution in [0.3, 0.4) is 0 Å². The van der Waals surface area contributed by atoms with Crippen molar-refractivity contribution >= 4 is 41.8 Å². The molecule has 1 aromatic heterocycles. The van der Waals surface area contributed by atoms with Crippen molar-refractivity contribution in [2.45, 2.75) is 116 Å². The van der Waals surface area contributed by atoms with E-state index in [1.165, 1.54) is 0 Å². The topological polar surface area (TPSA) is 276 Å². The number of nitrogens with zero attached hydrogens (tertiary/aromatic N) is 2. The number of aryl methyl sites for hydroxylation is 1. The molecule has 3 amide bonds. The van der Waals surface area contributed by atoms with Crippen molar-refractivity contribution < 1.29 is 58.7 Å². The SMILES string of the molecule is CCC(=O)O.O=C(O)CNC(=O)NC(CCCCNC(=O)CCCCCCCCCCNCC(=O)OCCCc1nccn1CC(=O)O)C(=O)O. The van der Waals surface area contributed by atoms with Crippen LogP contribution in [0.4, 0.5) is 4.79 Å². The summed E-state index contributed by atoms with van der Waals surface area (Å²) in [7, 11) is 0. The van der Waals surface area contributed by atoms with E-state index < -0.39 is 42.5 Å². The largest absolute Gasteiger partial charge is 0.481 e. The molecular weight excluding hydrogens is 672 g/mol. The quantitative estimate of drug-likeness (QED) is 0.0434. The highest BCUT2D eigenvalue weighted by atomic mass is 16.5. The van der Waals surface area contributed by atoms with Crippen molar-refractivity contribution in [1.82, 2.24) is 30.8 Å². The molecule has 51 heavy (non-hydrogen) atoms. The Hall–Kier alpha value is -4.74. The van der Waals surface area contributed by atoms with E-state index in [4.69, 9.17) is 20.1 Å². The molecule has 0 aliphatic rings. The summed E-state index contributed by atoms with van der Waals surface area (Å²) >= 11 is 0. The molecular formula is C33H56N6O12. The van der Waals surface area contributed by atoms with Crippen LogP contribution in [0.1, 0.15) is 103 Å². The lowest BCUT2D eigenvalue weighted by molar-refractivity contribution is -0.143. The Bertz CT molecular complexity index is 1190. The van der Waals surface area contributed by atoms with Gasteiger partial charge in [-0.3, -0.25) is 24.0 Å². The van der Waals surface area contributed by atoms with Gasteiger partial charge in [-0.2, -0.15) is 0 Å². The Morgan fingerprint density at radius 3 is 2.00 bits per heavy atom. The molecule has 1 heterocycles. The highest BCUT2D eigenvalue weighted by molar-refractivity contribution is 5.84. The van der Waals surface area contributed by atoms with Gasteiger partial charge in [0.25, 0.3) is 0 Å². The van der Waals surface area contributed by atoms with Gasteiger partial charge in [-0.15, -0.1) is 0 Å². The smallest absolute Gasteiger partial charge is 0.326 e. The molecule has 1 atom stereocenters. The molecule has 0 spiro atoms. The van der Waals surface area contributed by atoms with Crippen LogP contribution in [0.25, 0.3) is 0 Å². The number of ether oxygens (including phenoxy) is 1. The molecule has 0 fully saturated rings. The number of urea groups is 1. The first-order valence-corrected chi connectivity index (χ1v) is 17.4. The lowest BCUT2D eigenvalue weighted by atomic mass is 10.1. The number of unbranched alkanes of at least 4 members (excludes halogenated alkanes) is 8. The van der Waals surface area contributed by atoms with Crippen LogP contribution in [0.5, 0.6) is 0 Å². The number of nitrogens with one attached hydrogen (secondary N) is 4. The van der Waals surface area contributed by atoms with Gasteiger partial charge < -0.3 is 51.0 Å². The number of carboxylic acid groups (broad SMARTS) is 4. The van der Waals surface area contributed by atoms with Gasteiger partial charge in [0.15, 0.2) is 0 Å². The molecule has 0 bridgehead atoms. The Labute approximate surface area is 298 Å². The summed E-state index contributed by atoms with van der Waals surface area (Å²) in [6.07, 6.45) is 14.3. The zero-order chi connectivity index (χ0) is 38.3.